The number of ether oxygens (including phenoxy) is 1. The van der Waals surface area contributed by atoms with Crippen LogP contribution in [0, 0.1) is 0 Å². The smallest absolute Gasteiger partial charge is 0.339 e. The van der Waals surface area contributed by atoms with Crippen molar-refractivity contribution in [1.29, 1.82) is 0 Å². The molecule has 4 nitrogen and oxygen atoms in total. The molecular formula is C13H11ClN2O2S. The molecule has 0 spiro atoms. The molecule has 98 valence electrons. The molecular weight excluding hydrogens is 284 g/mol. The van der Waals surface area contributed by atoms with Crippen LogP contribution in [0.5, 0.6) is 0 Å². The molecule has 0 bridgehead atoms. The van der Waals surface area contributed by atoms with Crippen LogP contribution in [0.25, 0.3) is 0 Å². The topological polar surface area (TPSA) is 52.1 Å². The first-order valence-corrected chi connectivity index (χ1v) is 6.83. The maximum absolute atomic E-state index is 11.3. The molecule has 0 fully saturated rings. The van der Waals surface area contributed by atoms with Gasteiger partial charge in [0.2, 0.25) is 0 Å². The zero-order valence-electron chi connectivity index (χ0n) is 10.2. The molecule has 0 aliphatic heterocycles. The predicted molar refractivity (Wildman–Crippen MR) is 74.4 cm³/mol. The fourth-order valence-electron chi connectivity index (χ4n) is 1.37. The van der Waals surface area contributed by atoms with Crippen molar-refractivity contribution in [2.45, 2.75) is 10.8 Å². The highest BCUT2D eigenvalue weighted by atomic mass is 35.5. The second kappa shape index (κ2) is 6.54. The number of methoxy groups -OCH3 is 1. The van der Waals surface area contributed by atoms with Crippen molar-refractivity contribution in [2.75, 3.05) is 7.11 Å². The SMILES string of the molecule is COC(=O)c1ccc(CSc2ncccc2Cl)nc1. The molecule has 0 unspecified atom stereocenters. The van der Waals surface area contributed by atoms with Crippen LogP contribution < -0.4 is 0 Å². The second-order valence-electron chi connectivity index (χ2n) is 3.61. The minimum Gasteiger partial charge on any atom is -0.465 e. The Morgan fingerprint density at radius 2 is 2.21 bits per heavy atom. The van der Waals surface area contributed by atoms with Gasteiger partial charge in [0.15, 0.2) is 0 Å². The lowest BCUT2D eigenvalue weighted by atomic mass is 10.2. The summed E-state index contributed by atoms with van der Waals surface area (Å²) in [4.78, 5) is 19.6. The molecule has 2 aromatic rings. The Balaban J connectivity index is 2.01. The number of carbonyl (C=O) groups excluding carboxylic acids is 1. The van der Waals surface area contributed by atoms with Gasteiger partial charge in [-0.3, -0.25) is 4.98 Å². The predicted octanol–water partition coefficient (Wildman–Crippen LogP) is 3.21. The average Bonchev–Trinajstić information content (AvgIpc) is 2.46. The molecule has 0 amide bonds. The van der Waals surface area contributed by atoms with Gasteiger partial charge in [-0.1, -0.05) is 23.4 Å². The maximum atomic E-state index is 11.3. The van der Waals surface area contributed by atoms with Crippen LogP contribution in [0.4, 0.5) is 0 Å². The van der Waals surface area contributed by atoms with Gasteiger partial charge in [0, 0.05) is 18.1 Å². The standard InChI is InChI=1S/C13H11ClN2O2S/c1-18-13(17)9-4-5-10(16-7-9)8-19-12-11(14)3-2-6-15-12/h2-7H,8H2,1H3. The number of aromatic nitrogens is 2. The van der Waals surface area contributed by atoms with Crippen LogP contribution in [0.2, 0.25) is 5.02 Å². The molecule has 0 atom stereocenters. The highest BCUT2D eigenvalue weighted by Gasteiger charge is 2.07. The number of esters is 1. The number of carbonyl (C=O) groups is 1. The van der Waals surface area contributed by atoms with E-state index >= 15 is 0 Å². The average molecular weight is 295 g/mol. The van der Waals surface area contributed by atoms with Crippen LogP contribution in [0.15, 0.2) is 41.7 Å². The van der Waals surface area contributed by atoms with E-state index in [0.29, 0.717) is 16.3 Å². The van der Waals surface area contributed by atoms with E-state index in [1.807, 2.05) is 0 Å². The fraction of sp³-hybridized carbons (Fsp3) is 0.154. The highest BCUT2D eigenvalue weighted by Crippen LogP contribution is 2.26. The van der Waals surface area contributed by atoms with Crippen molar-refractivity contribution in [3.8, 4) is 0 Å². The second-order valence-corrected chi connectivity index (χ2v) is 4.98. The fourth-order valence-corrected chi connectivity index (χ4v) is 2.45. The summed E-state index contributed by atoms with van der Waals surface area (Å²) in [6, 6.07) is 7.06. The third-order valence-electron chi connectivity index (χ3n) is 2.33. The van der Waals surface area contributed by atoms with Crippen LogP contribution in [-0.2, 0) is 10.5 Å². The van der Waals surface area contributed by atoms with Gasteiger partial charge in [-0.25, -0.2) is 9.78 Å². The Kier molecular flexibility index (Phi) is 4.76. The summed E-state index contributed by atoms with van der Waals surface area (Å²) in [5, 5.41) is 1.39. The third kappa shape index (κ3) is 3.68. The highest BCUT2D eigenvalue weighted by molar-refractivity contribution is 7.98. The zero-order valence-corrected chi connectivity index (χ0v) is 11.7. The quantitative estimate of drug-likeness (QED) is 0.640. The molecule has 0 N–H and O–H groups in total. The molecule has 0 aliphatic rings. The van der Waals surface area contributed by atoms with Gasteiger partial charge in [0.1, 0.15) is 5.03 Å². The molecule has 0 aliphatic carbocycles. The number of pyridine rings is 2. The molecule has 0 radical (unpaired) electrons. The zero-order chi connectivity index (χ0) is 13.7. The first-order chi connectivity index (χ1) is 9.20. The molecule has 2 rings (SSSR count). The van der Waals surface area contributed by atoms with Crippen molar-refractivity contribution in [2.24, 2.45) is 0 Å². The number of hydrogen-bond acceptors (Lipinski definition) is 5. The van der Waals surface area contributed by atoms with Crippen molar-refractivity contribution in [1.82, 2.24) is 9.97 Å². The van der Waals surface area contributed by atoms with Crippen LogP contribution in [0.3, 0.4) is 0 Å². The number of thioether (sulfide) groups is 1. The van der Waals surface area contributed by atoms with E-state index < -0.39 is 0 Å². The number of nitrogens with zero attached hydrogens (tertiary/aromatic N) is 2. The Labute approximate surface area is 120 Å². The monoisotopic (exact) mass is 294 g/mol. The lowest BCUT2D eigenvalue weighted by Crippen LogP contribution is -2.02. The lowest BCUT2D eigenvalue weighted by molar-refractivity contribution is 0.0600. The summed E-state index contributed by atoms with van der Waals surface area (Å²) in [5.74, 6) is 0.248. The minimum absolute atomic E-state index is 0.389. The first kappa shape index (κ1) is 13.8. The Morgan fingerprint density at radius 3 is 2.84 bits per heavy atom. The van der Waals surface area contributed by atoms with Crippen LogP contribution in [0.1, 0.15) is 16.1 Å². The number of halogens is 1. The van der Waals surface area contributed by atoms with E-state index in [-0.39, 0.29) is 5.97 Å². The largest absolute Gasteiger partial charge is 0.465 e. The van der Waals surface area contributed by atoms with E-state index in [2.05, 4.69) is 14.7 Å². The Hall–Kier alpha value is -1.59. The van der Waals surface area contributed by atoms with Crippen molar-refractivity contribution in [3.05, 3.63) is 52.9 Å². The van der Waals surface area contributed by atoms with Crippen molar-refractivity contribution < 1.29 is 9.53 Å². The first-order valence-electron chi connectivity index (χ1n) is 5.47. The minimum atomic E-state index is -0.389. The maximum Gasteiger partial charge on any atom is 0.339 e. The van der Waals surface area contributed by atoms with Gasteiger partial charge < -0.3 is 4.74 Å². The Bertz CT molecular complexity index is 575. The van der Waals surface area contributed by atoms with Gasteiger partial charge in [-0.2, -0.15) is 0 Å². The third-order valence-corrected chi connectivity index (χ3v) is 3.78. The molecule has 0 aromatic carbocycles. The van der Waals surface area contributed by atoms with Gasteiger partial charge in [0.05, 0.1) is 23.4 Å². The van der Waals surface area contributed by atoms with Gasteiger partial charge >= 0.3 is 5.97 Å². The Morgan fingerprint density at radius 1 is 1.37 bits per heavy atom. The van der Waals surface area contributed by atoms with E-state index in [4.69, 9.17) is 11.6 Å². The van der Waals surface area contributed by atoms with Gasteiger partial charge in [-0.05, 0) is 24.3 Å². The summed E-state index contributed by atoms with van der Waals surface area (Å²) in [6.45, 7) is 0. The summed E-state index contributed by atoms with van der Waals surface area (Å²) < 4.78 is 4.61. The van der Waals surface area contributed by atoms with Crippen LogP contribution >= 0.6 is 23.4 Å². The molecule has 6 heteroatoms. The number of hydrogen-bond donors (Lipinski definition) is 0. The van der Waals surface area contributed by atoms with Crippen LogP contribution in [-0.4, -0.2) is 23.0 Å². The summed E-state index contributed by atoms with van der Waals surface area (Å²) in [6.07, 6.45) is 3.20. The van der Waals surface area contributed by atoms with Gasteiger partial charge in [0.25, 0.3) is 0 Å². The molecule has 2 heterocycles. The van der Waals surface area contributed by atoms with E-state index in [0.717, 1.165) is 10.7 Å². The van der Waals surface area contributed by atoms with Crippen molar-refractivity contribution >= 4 is 29.3 Å². The van der Waals surface area contributed by atoms with E-state index in [1.165, 1.54) is 25.1 Å². The molecule has 0 saturated carbocycles. The lowest BCUT2D eigenvalue weighted by Gasteiger charge is -2.03. The summed E-state index contributed by atoms with van der Waals surface area (Å²) in [5.41, 5.74) is 1.28. The molecule has 19 heavy (non-hydrogen) atoms. The van der Waals surface area contributed by atoms with E-state index in [9.17, 15) is 4.79 Å². The molecule has 2 aromatic heterocycles. The summed E-state index contributed by atoms with van der Waals surface area (Å²) in [7, 11) is 1.34. The van der Waals surface area contributed by atoms with Crippen molar-refractivity contribution in [3.63, 3.8) is 0 Å². The normalized spacial score (nSPS) is 10.2. The van der Waals surface area contributed by atoms with Gasteiger partial charge in [-0.15, -0.1) is 0 Å². The van der Waals surface area contributed by atoms with E-state index in [1.54, 1.807) is 30.5 Å². The summed E-state index contributed by atoms with van der Waals surface area (Å²) >= 11 is 7.51. The number of rotatable bonds is 4. The molecule has 0 saturated heterocycles.